The molecule has 0 aliphatic carbocycles. The second-order valence-corrected chi connectivity index (χ2v) is 8.36. The van der Waals surface area contributed by atoms with E-state index in [4.69, 9.17) is 16.3 Å². The van der Waals surface area contributed by atoms with Crippen LogP contribution in [0.5, 0.6) is 5.75 Å². The predicted molar refractivity (Wildman–Crippen MR) is 125 cm³/mol. The summed E-state index contributed by atoms with van der Waals surface area (Å²) in [6.07, 6.45) is 1.34. The van der Waals surface area contributed by atoms with Crippen LogP contribution >= 0.6 is 11.6 Å². The Morgan fingerprint density at radius 1 is 1.06 bits per heavy atom. The summed E-state index contributed by atoms with van der Waals surface area (Å²) in [4.78, 5) is 27.7. The molecule has 1 N–H and O–H groups in total. The molecule has 0 heterocycles. The van der Waals surface area contributed by atoms with E-state index in [9.17, 15) is 9.59 Å². The Morgan fingerprint density at radius 2 is 1.74 bits per heavy atom. The van der Waals surface area contributed by atoms with Crippen molar-refractivity contribution in [2.45, 2.75) is 66.1 Å². The minimum atomic E-state index is -0.571. The normalized spacial score (nSPS) is 12.7. The lowest BCUT2D eigenvalue weighted by Gasteiger charge is -2.31. The largest absolute Gasteiger partial charge is 0.484 e. The molecular weight excluding hydrogens is 412 g/mol. The van der Waals surface area contributed by atoms with Crippen LogP contribution in [0, 0.1) is 13.8 Å². The van der Waals surface area contributed by atoms with Crippen molar-refractivity contribution in [1.29, 1.82) is 0 Å². The molecule has 2 aromatic rings. The van der Waals surface area contributed by atoms with Crippen LogP contribution in [-0.2, 0) is 16.1 Å². The molecule has 5 nitrogen and oxygen atoms in total. The van der Waals surface area contributed by atoms with Gasteiger partial charge in [0.25, 0.3) is 5.91 Å². The molecule has 0 saturated carbocycles. The fourth-order valence-electron chi connectivity index (χ4n) is 3.19. The highest BCUT2D eigenvalue weighted by Gasteiger charge is 2.29. The van der Waals surface area contributed by atoms with E-state index in [1.165, 1.54) is 0 Å². The van der Waals surface area contributed by atoms with E-state index >= 15 is 0 Å². The SMILES string of the molecule is CC[C@@H](C)NC(=O)[C@H](CC)N(Cc1ccc(C)cc1)C(=O)COc1ccc(Cl)c(C)c1. The Bertz CT molecular complexity index is 883. The average molecular weight is 445 g/mol. The number of carbonyl (C=O) groups excluding carboxylic acids is 2. The standard InChI is InChI=1S/C25H33ClN2O3/c1-6-19(5)27-25(30)23(7-2)28(15-20-10-8-17(3)9-11-20)24(29)16-31-21-12-13-22(26)18(4)14-21/h8-14,19,23H,6-7,15-16H2,1-5H3,(H,27,30)/t19-,23+/m1/s1. The first-order chi connectivity index (χ1) is 14.7. The topological polar surface area (TPSA) is 58.6 Å². The highest BCUT2D eigenvalue weighted by Crippen LogP contribution is 2.21. The molecule has 0 aliphatic heterocycles. The zero-order valence-corrected chi connectivity index (χ0v) is 19.8. The molecule has 31 heavy (non-hydrogen) atoms. The van der Waals surface area contributed by atoms with E-state index in [1.54, 1.807) is 23.1 Å². The van der Waals surface area contributed by atoms with Crippen LogP contribution in [0.25, 0.3) is 0 Å². The number of carbonyl (C=O) groups is 2. The number of nitrogens with zero attached hydrogens (tertiary/aromatic N) is 1. The number of rotatable bonds is 10. The molecule has 0 saturated heterocycles. The van der Waals surface area contributed by atoms with E-state index < -0.39 is 6.04 Å². The molecule has 168 valence electrons. The quantitative estimate of drug-likeness (QED) is 0.557. The molecule has 2 rings (SSSR count). The van der Waals surface area contributed by atoms with Crippen molar-refractivity contribution in [3.63, 3.8) is 0 Å². The molecule has 0 fully saturated rings. The Labute approximate surface area is 190 Å². The summed E-state index contributed by atoms with van der Waals surface area (Å²) >= 11 is 6.07. The molecule has 0 unspecified atom stereocenters. The van der Waals surface area contributed by atoms with Gasteiger partial charge in [-0.05, 0) is 62.9 Å². The van der Waals surface area contributed by atoms with Gasteiger partial charge in [-0.1, -0.05) is 55.3 Å². The van der Waals surface area contributed by atoms with Crippen LogP contribution in [0.3, 0.4) is 0 Å². The van der Waals surface area contributed by atoms with Crippen molar-refractivity contribution in [3.8, 4) is 5.75 Å². The highest BCUT2D eigenvalue weighted by molar-refractivity contribution is 6.31. The van der Waals surface area contributed by atoms with Crippen molar-refractivity contribution < 1.29 is 14.3 Å². The summed E-state index contributed by atoms with van der Waals surface area (Å²) in [6.45, 7) is 9.98. The first kappa shape index (κ1) is 24.7. The lowest BCUT2D eigenvalue weighted by molar-refractivity contribution is -0.143. The lowest BCUT2D eigenvalue weighted by Crippen LogP contribution is -2.51. The zero-order chi connectivity index (χ0) is 23.0. The van der Waals surface area contributed by atoms with Gasteiger partial charge in [-0.25, -0.2) is 0 Å². The summed E-state index contributed by atoms with van der Waals surface area (Å²) in [5.74, 6) is 0.196. The molecule has 0 bridgehead atoms. The molecule has 0 aliphatic rings. The van der Waals surface area contributed by atoms with Gasteiger partial charge < -0.3 is 15.0 Å². The monoisotopic (exact) mass is 444 g/mol. The highest BCUT2D eigenvalue weighted by atomic mass is 35.5. The summed E-state index contributed by atoms with van der Waals surface area (Å²) in [6, 6.07) is 12.7. The van der Waals surface area contributed by atoms with Crippen LogP contribution in [0.1, 0.15) is 50.3 Å². The fourth-order valence-corrected chi connectivity index (χ4v) is 3.30. The smallest absolute Gasteiger partial charge is 0.261 e. The molecule has 0 spiro atoms. The van der Waals surface area contributed by atoms with E-state index in [0.717, 1.165) is 23.1 Å². The summed E-state index contributed by atoms with van der Waals surface area (Å²) < 4.78 is 5.74. The number of hydrogen-bond donors (Lipinski definition) is 1. The maximum Gasteiger partial charge on any atom is 0.261 e. The van der Waals surface area contributed by atoms with Crippen LogP contribution in [-0.4, -0.2) is 35.4 Å². The first-order valence-electron chi connectivity index (χ1n) is 10.8. The van der Waals surface area contributed by atoms with E-state index in [1.807, 2.05) is 58.9 Å². The fraction of sp³-hybridized carbons (Fsp3) is 0.440. The molecular formula is C25H33ClN2O3. The lowest BCUT2D eigenvalue weighted by atomic mass is 10.1. The molecule has 6 heteroatoms. The van der Waals surface area contributed by atoms with E-state index in [-0.39, 0.29) is 24.5 Å². The number of amides is 2. The second-order valence-electron chi connectivity index (χ2n) is 7.95. The van der Waals surface area contributed by atoms with Crippen molar-refractivity contribution in [1.82, 2.24) is 10.2 Å². The number of hydrogen-bond acceptors (Lipinski definition) is 3. The minimum absolute atomic E-state index is 0.0474. The number of halogens is 1. The third-order valence-corrected chi connectivity index (χ3v) is 5.78. The number of ether oxygens (including phenoxy) is 1. The third-order valence-electron chi connectivity index (χ3n) is 5.35. The zero-order valence-electron chi connectivity index (χ0n) is 19.1. The molecule has 0 aromatic heterocycles. The van der Waals surface area contributed by atoms with Crippen molar-refractivity contribution in [3.05, 3.63) is 64.2 Å². The van der Waals surface area contributed by atoms with Gasteiger partial charge in [-0.15, -0.1) is 0 Å². The third kappa shape index (κ3) is 7.28. The minimum Gasteiger partial charge on any atom is -0.484 e. The molecule has 0 radical (unpaired) electrons. The summed E-state index contributed by atoms with van der Waals surface area (Å²) in [7, 11) is 0. The van der Waals surface area contributed by atoms with Crippen LogP contribution < -0.4 is 10.1 Å². The van der Waals surface area contributed by atoms with Crippen LogP contribution in [0.4, 0.5) is 0 Å². The molecule has 2 amide bonds. The second kappa shape index (κ2) is 11.8. The Morgan fingerprint density at radius 3 is 2.32 bits per heavy atom. The maximum absolute atomic E-state index is 13.2. The predicted octanol–water partition coefficient (Wildman–Crippen LogP) is 5.06. The molecule has 2 aromatic carbocycles. The van der Waals surface area contributed by atoms with Gasteiger partial charge in [0.05, 0.1) is 0 Å². The molecule has 2 atom stereocenters. The van der Waals surface area contributed by atoms with Crippen LogP contribution in [0.2, 0.25) is 5.02 Å². The van der Waals surface area contributed by atoms with E-state index in [2.05, 4.69) is 5.32 Å². The number of nitrogens with one attached hydrogen (secondary N) is 1. The van der Waals surface area contributed by atoms with Gasteiger partial charge in [-0.2, -0.15) is 0 Å². The van der Waals surface area contributed by atoms with Gasteiger partial charge in [0.1, 0.15) is 11.8 Å². The average Bonchev–Trinajstić information content (AvgIpc) is 2.75. The van der Waals surface area contributed by atoms with Gasteiger partial charge in [0.2, 0.25) is 5.91 Å². The van der Waals surface area contributed by atoms with Crippen molar-refractivity contribution in [2.24, 2.45) is 0 Å². The van der Waals surface area contributed by atoms with Gasteiger partial charge in [0, 0.05) is 17.6 Å². The van der Waals surface area contributed by atoms with E-state index in [0.29, 0.717) is 23.7 Å². The van der Waals surface area contributed by atoms with Gasteiger partial charge in [-0.3, -0.25) is 9.59 Å². The van der Waals surface area contributed by atoms with Crippen molar-refractivity contribution >= 4 is 23.4 Å². The number of aryl methyl sites for hydroxylation is 2. The maximum atomic E-state index is 13.2. The Hall–Kier alpha value is -2.53. The first-order valence-corrected chi connectivity index (χ1v) is 11.2. The summed E-state index contributed by atoms with van der Waals surface area (Å²) in [5, 5.41) is 3.66. The van der Waals surface area contributed by atoms with Gasteiger partial charge >= 0.3 is 0 Å². The summed E-state index contributed by atoms with van der Waals surface area (Å²) in [5.41, 5.74) is 2.99. The Balaban J connectivity index is 2.21. The number of benzene rings is 2. The van der Waals surface area contributed by atoms with Crippen molar-refractivity contribution in [2.75, 3.05) is 6.61 Å². The van der Waals surface area contributed by atoms with Gasteiger partial charge in [0.15, 0.2) is 6.61 Å². The Kier molecular flexibility index (Phi) is 9.38. The van der Waals surface area contributed by atoms with Crippen LogP contribution in [0.15, 0.2) is 42.5 Å².